The summed E-state index contributed by atoms with van der Waals surface area (Å²) in [5.74, 6) is 0. The van der Waals surface area contributed by atoms with Crippen molar-refractivity contribution in [1.82, 2.24) is 0 Å². The average Bonchev–Trinajstić information content (AvgIpc) is 3.68. The molecule has 0 bridgehead atoms. The number of anilines is 4. The fourth-order valence-corrected chi connectivity index (χ4v) is 13.1. The Labute approximate surface area is 392 Å². The van der Waals surface area contributed by atoms with Crippen LogP contribution in [0.25, 0.3) is 33.4 Å². The molecular formula is C64H60N2. The summed E-state index contributed by atoms with van der Waals surface area (Å²) >= 11 is 0. The van der Waals surface area contributed by atoms with Gasteiger partial charge < -0.3 is 9.80 Å². The van der Waals surface area contributed by atoms with E-state index in [9.17, 15) is 0 Å². The second kappa shape index (κ2) is 13.5. The molecule has 0 fully saturated rings. The van der Waals surface area contributed by atoms with Gasteiger partial charge in [-0.3, -0.25) is 0 Å². The van der Waals surface area contributed by atoms with Crippen molar-refractivity contribution in [2.24, 2.45) is 0 Å². The van der Waals surface area contributed by atoms with Crippen LogP contribution in [-0.2, 0) is 27.1 Å². The maximum atomic E-state index is 4.64. The lowest BCUT2D eigenvalue weighted by atomic mass is 9.61. The van der Waals surface area contributed by atoms with E-state index in [1.165, 1.54) is 101 Å². The molecule has 0 unspecified atom stereocenters. The molecule has 0 saturated carbocycles. The van der Waals surface area contributed by atoms with Crippen molar-refractivity contribution in [2.75, 3.05) is 9.80 Å². The lowest BCUT2D eigenvalue weighted by molar-refractivity contribution is 0.473. The third kappa shape index (κ3) is 5.36. The van der Waals surface area contributed by atoms with Gasteiger partial charge in [-0.15, -0.1) is 0 Å². The molecule has 0 radical (unpaired) electrons. The van der Waals surface area contributed by atoms with Gasteiger partial charge in [0.25, 0.3) is 0 Å². The van der Waals surface area contributed by atoms with Gasteiger partial charge in [0.2, 0.25) is 0 Å². The summed E-state index contributed by atoms with van der Waals surface area (Å²) in [6.45, 7) is 28.8. The van der Waals surface area contributed by atoms with E-state index in [4.69, 9.17) is 0 Å². The van der Waals surface area contributed by atoms with E-state index in [0.717, 1.165) is 23.5 Å². The van der Waals surface area contributed by atoms with E-state index in [2.05, 4.69) is 243 Å². The van der Waals surface area contributed by atoms with Crippen LogP contribution < -0.4 is 9.80 Å². The molecule has 2 aliphatic carbocycles. The molecule has 3 heterocycles. The molecule has 66 heavy (non-hydrogen) atoms. The van der Waals surface area contributed by atoms with Gasteiger partial charge in [-0.05, 0) is 138 Å². The molecular weight excluding hydrogens is 797 g/mol. The Kier molecular flexibility index (Phi) is 8.34. The van der Waals surface area contributed by atoms with Crippen LogP contribution in [0, 0.1) is 0 Å². The van der Waals surface area contributed by atoms with Crippen molar-refractivity contribution >= 4 is 22.7 Å². The minimum absolute atomic E-state index is 0.0685. The second-order valence-electron chi connectivity index (χ2n) is 22.4. The monoisotopic (exact) mass is 856 g/mol. The lowest BCUT2D eigenvalue weighted by Crippen LogP contribution is -2.45. The van der Waals surface area contributed by atoms with Crippen LogP contribution in [0.15, 0.2) is 181 Å². The molecule has 7 aromatic rings. The molecule has 12 rings (SSSR count). The Morgan fingerprint density at radius 2 is 0.924 bits per heavy atom. The molecule has 326 valence electrons. The third-order valence-corrected chi connectivity index (χ3v) is 16.7. The fourth-order valence-electron chi connectivity index (χ4n) is 13.1. The van der Waals surface area contributed by atoms with E-state index < -0.39 is 0 Å². The molecule has 0 amide bonds. The Bertz CT molecular complexity index is 3340. The second-order valence-corrected chi connectivity index (χ2v) is 22.4. The number of nitrogens with zero attached hydrogens (tertiary/aromatic N) is 2. The van der Waals surface area contributed by atoms with Crippen molar-refractivity contribution < 1.29 is 0 Å². The number of benzene rings is 7. The van der Waals surface area contributed by atoms with Gasteiger partial charge in [0, 0.05) is 44.4 Å². The maximum Gasteiger partial charge on any atom is 0.0540 e. The number of para-hydroxylation sites is 2. The van der Waals surface area contributed by atoms with Crippen molar-refractivity contribution in [2.45, 2.75) is 103 Å². The summed E-state index contributed by atoms with van der Waals surface area (Å²) < 4.78 is 0. The largest absolute Gasteiger partial charge is 0.313 e. The van der Waals surface area contributed by atoms with Crippen LogP contribution in [0.1, 0.15) is 120 Å². The number of hydrogen-bond donors (Lipinski definition) is 0. The van der Waals surface area contributed by atoms with Crippen LogP contribution in [0.2, 0.25) is 0 Å². The Morgan fingerprint density at radius 1 is 0.455 bits per heavy atom. The van der Waals surface area contributed by atoms with Crippen LogP contribution in [0.3, 0.4) is 0 Å². The zero-order valence-electron chi connectivity index (χ0n) is 40.3. The lowest BCUT2D eigenvalue weighted by Gasteiger charge is -2.55. The summed E-state index contributed by atoms with van der Waals surface area (Å²) in [6, 6.07) is 55.4. The number of rotatable bonds is 6. The van der Waals surface area contributed by atoms with Crippen LogP contribution >= 0.6 is 0 Å². The quantitative estimate of drug-likeness (QED) is 0.154. The van der Waals surface area contributed by atoms with E-state index in [-0.39, 0.29) is 27.1 Å². The predicted octanol–water partition coefficient (Wildman–Crippen LogP) is 16.9. The van der Waals surface area contributed by atoms with E-state index in [1.807, 2.05) is 0 Å². The highest BCUT2D eigenvalue weighted by Crippen LogP contribution is 2.63. The first kappa shape index (κ1) is 40.8. The highest BCUT2D eigenvalue weighted by atomic mass is 15.2. The van der Waals surface area contributed by atoms with Gasteiger partial charge in [-0.1, -0.05) is 191 Å². The SMILES string of the molecule is C=C/C(=C\C1=C2CC(C)(C)c3cccc4c3N2c2c(cccc2C4(C)C)C1(C)C)N(c1cccc(-c2ccc3c(c2)C(C)(C)c2ccccc2-3)c1)c1ccc2c(c1)C(C)(C)c1ccccc1-2. The first-order valence-corrected chi connectivity index (χ1v) is 24.0. The van der Waals surface area contributed by atoms with E-state index in [0.29, 0.717) is 0 Å². The highest BCUT2D eigenvalue weighted by Gasteiger charge is 2.51. The zero-order chi connectivity index (χ0) is 45.9. The zero-order valence-corrected chi connectivity index (χ0v) is 40.3. The van der Waals surface area contributed by atoms with Crippen LogP contribution in [0.4, 0.5) is 22.7 Å². The molecule has 0 spiro atoms. The minimum atomic E-state index is -0.300. The molecule has 0 N–H and O–H groups in total. The highest BCUT2D eigenvalue weighted by molar-refractivity contribution is 5.91. The van der Waals surface area contributed by atoms with Crippen LogP contribution in [-0.4, -0.2) is 0 Å². The van der Waals surface area contributed by atoms with Crippen molar-refractivity contribution in [3.05, 3.63) is 226 Å². The van der Waals surface area contributed by atoms with Gasteiger partial charge in [0.1, 0.15) is 0 Å². The minimum Gasteiger partial charge on any atom is -0.313 e. The summed E-state index contributed by atoms with van der Waals surface area (Å²) in [5.41, 5.74) is 26.9. The molecule has 2 heteroatoms. The van der Waals surface area contributed by atoms with Crippen molar-refractivity contribution in [3.63, 3.8) is 0 Å². The first-order chi connectivity index (χ1) is 31.5. The molecule has 5 aliphatic rings. The molecule has 7 aromatic carbocycles. The van der Waals surface area contributed by atoms with Gasteiger partial charge >= 0.3 is 0 Å². The standard InChI is InChI=1S/C64H60N2/c1-12-41(36-56-57-38-60(2,3)50-26-18-27-51-58(50)66(57)59-52(63(51,8)9)28-19-29-53(59)64(56,10)11)65(43-31-33-47-45-23-14-16-25-49(45)62(6,7)55(47)37-43)42-21-17-20-39(34-42)40-30-32-46-44-22-13-15-24-48(44)61(4,5)54(46)35-40/h12-37H,1,38H2,2-11H3/b41-36+. The van der Waals surface area contributed by atoms with Gasteiger partial charge in [0.15, 0.2) is 0 Å². The fraction of sp³-hybridized carbons (Fsp3) is 0.250. The van der Waals surface area contributed by atoms with Gasteiger partial charge in [-0.25, -0.2) is 0 Å². The Balaban J connectivity index is 1.08. The normalized spacial score (nSPS) is 18.8. The Morgan fingerprint density at radius 3 is 1.56 bits per heavy atom. The molecule has 2 nitrogen and oxygen atoms in total. The number of fused-ring (bicyclic) bond motifs is 6. The molecule has 0 atom stereocenters. The van der Waals surface area contributed by atoms with E-state index >= 15 is 0 Å². The van der Waals surface area contributed by atoms with Crippen molar-refractivity contribution in [1.29, 1.82) is 0 Å². The van der Waals surface area contributed by atoms with Gasteiger partial charge in [0.05, 0.1) is 11.4 Å². The van der Waals surface area contributed by atoms with Crippen molar-refractivity contribution in [3.8, 4) is 33.4 Å². The first-order valence-electron chi connectivity index (χ1n) is 24.0. The van der Waals surface area contributed by atoms with E-state index in [1.54, 1.807) is 0 Å². The maximum absolute atomic E-state index is 4.64. The molecule has 0 saturated heterocycles. The smallest absolute Gasteiger partial charge is 0.0540 e. The number of allylic oxidation sites excluding steroid dienone is 4. The number of hydrogen-bond acceptors (Lipinski definition) is 2. The summed E-state index contributed by atoms with van der Waals surface area (Å²) in [6.07, 6.45) is 5.52. The predicted molar refractivity (Wildman–Crippen MR) is 279 cm³/mol. The van der Waals surface area contributed by atoms with Crippen LogP contribution in [0.5, 0.6) is 0 Å². The summed E-state index contributed by atoms with van der Waals surface area (Å²) in [4.78, 5) is 5.16. The third-order valence-electron chi connectivity index (χ3n) is 16.7. The Hall–Kier alpha value is -6.64. The summed E-state index contributed by atoms with van der Waals surface area (Å²) in [5, 5.41) is 0. The molecule has 3 aliphatic heterocycles. The average molecular weight is 857 g/mol. The summed E-state index contributed by atoms with van der Waals surface area (Å²) in [7, 11) is 0. The topological polar surface area (TPSA) is 6.48 Å². The molecule has 0 aromatic heterocycles. The van der Waals surface area contributed by atoms with Gasteiger partial charge in [-0.2, -0.15) is 0 Å².